The second-order valence-electron chi connectivity index (χ2n) is 3.91. The van der Waals surface area contributed by atoms with Gasteiger partial charge in [0.2, 0.25) is 5.88 Å². The van der Waals surface area contributed by atoms with Crippen LogP contribution in [0.15, 0.2) is 10.2 Å². The third-order valence-corrected chi connectivity index (χ3v) is 2.45. The Bertz CT molecular complexity index is 648. The lowest BCUT2D eigenvalue weighted by Crippen LogP contribution is -2.35. The highest BCUT2D eigenvalue weighted by molar-refractivity contribution is 5.65. The lowest BCUT2D eigenvalue weighted by molar-refractivity contribution is -0.190. The first-order valence-corrected chi connectivity index (χ1v) is 6.05. The van der Waals surface area contributed by atoms with E-state index in [2.05, 4.69) is 29.7 Å². The number of carbonyl (C=O) groups is 2. The van der Waals surface area contributed by atoms with Gasteiger partial charge in [-0.05, 0) is 13.8 Å². The predicted molar refractivity (Wildman–Crippen MR) is 66.7 cm³/mol. The Hall–Kier alpha value is -2.98. The van der Waals surface area contributed by atoms with Gasteiger partial charge in [-0.1, -0.05) is 5.11 Å². The number of aromatic nitrogens is 2. The summed E-state index contributed by atoms with van der Waals surface area (Å²) in [5.41, 5.74) is -0.175. The van der Waals surface area contributed by atoms with Gasteiger partial charge in [0.05, 0.1) is 13.7 Å². The summed E-state index contributed by atoms with van der Waals surface area (Å²) in [7, 11) is 1.34. The van der Waals surface area contributed by atoms with Gasteiger partial charge < -0.3 is 24.1 Å². The Morgan fingerprint density at radius 3 is 2.59 bits per heavy atom. The zero-order valence-corrected chi connectivity index (χ0v) is 11.9. The fraction of sp³-hybridized carbons (Fsp3) is 0.455. The smallest absolute Gasteiger partial charge is 0.479 e. The largest absolute Gasteiger partial charge is 0.513 e. The van der Waals surface area contributed by atoms with Crippen molar-refractivity contribution in [2.75, 3.05) is 13.7 Å². The van der Waals surface area contributed by atoms with Crippen LogP contribution < -0.4 is 4.74 Å². The topological polar surface area (TPSA) is 142 Å². The average Bonchev–Trinajstić information content (AvgIpc) is 2.76. The minimum absolute atomic E-state index is 0.00125. The van der Waals surface area contributed by atoms with Crippen molar-refractivity contribution < 1.29 is 33.6 Å². The molecule has 0 radical (unpaired) electrons. The lowest BCUT2D eigenvalue weighted by atomic mass is 10.2. The van der Waals surface area contributed by atoms with E-state index in [0.717, 1.165) is 0 Å². The normalized spacial score (nSPS) is 18.5. The minimum Gasteiger partial charge on any atom is -0.479 e. The van der Waals surface area contributed by atoms with Gasteiger partial charge in [0, 0.05) is 0 Å². The van der Waals surface area contributed by atoms with Crippen molar-refractivity contribution >= 4 is 18.0 Å². The number of nitrogens with zero attached hydrogens (tertiary/aromatic N) is 4. The number of azo groups is 1. The summed E-state index contributed by atoms with van der Waals surface area (Å²) in [5.74, 6) is -2.14. The quantitative estimate of drug-likeness (QED) is 0.650. The van der Waals surface area contributed by atoms with E-state index in [0.29, 0.717) is 0 Å². The van der Waals surface area contributed by atoms with Crippen LogP contribution in [0.25, 0.3) is 0 Å². The molecule has 22 heavy (non-hydrogen) atoms. The summed E-state index contributed by atoms with van der Waals surface area (Å²) in [6, 6.07) is 0. The molecule has 1 aromatic rings. The van der Waals surface area contributed by atoms with Gasteiger partial charge in [-0.3, -0.25) is 0 Å². The summed E-state index contributed by atoms with van der Waals surface area (Å²) in [5, 5.41) is 16.1. The van der Waals surface area contributed by atoms with Crippen LogP contribution in [0.3, 0.4) is 0 Å². The first-order valence-electron chi connectivity index (χ1n) is 6.05. The minimum atomic E-state index is -2.39. The molecule has 0 saturated heterocycles. The molecule has 0 aromatic carbocycles. The highest BCUT2D eigenvalue weighted by Gasteiger charge is 2.51. The Labute approximate surface area is 123 Å². The van der Waals surface area contributed by atoms with Crippen LogP contribution in [-0.4, -0.2) is 41.1 Å². The molecule has 1 aliphatic rings. The maximum atomic E-state index is 11.5. The van der Waals surface area contributed by atoms with Crippen molar-refractivity contribution in [2.24, 2.45) is 10.2 Å². The number of carbonyl (C=O) groups excluding carboxylic acids is 1. The van der Waals surface area contributed by atoms with Gasteiger partial charge in [0.1, 0.15) is 5.82 Å². The fourth-order valence-corrected chi connectivity index (χ4v) is 1.69. The van der Waals surface area contributed by atoms with E-state index in [9.17, 15) is 9.59 Å². The summed E-state index contributed by atoms with van der Waals surface area (Å²) in [6.07, 6.45) is -2.93. The molecule has 11 heteroatoms. The maximum absolute atomic E-state index is 11.5. The first-order chi connectivity index (χ1) is 10.4. The van der Waals surface area contributed by atoms with Crippen molar-refractivity contribution in [1.29, 1.82) is 0 Å². The van der Waals surface area contributed by atoms with Crippen molar-refractivity contribution in [3.8, 4) is 5.88 Å². The van der Waals surface area contributed by atoms with Crippen LogP contribution in [0, 0.1) is 6.92 Å². The second kappa shape index (κ2) is 5.79. The predicted octanol–water partition coefficient (Wildman–Crippen LogP) is 1.87. The monoisotopic (exact) mass is 312 g/mol. The fourth-order valence-electron chi connectivity index (χ4n) is 1.69. The number of hydrogen-bond donors (Lipinski definition) is 1. The highest BCUT2D eigenvalue weighted by Crippen LogP contribution is 2.45. The summed E-state index contributed by atoms with van der Waals surface area (Å²) >= 11 is 0. The molecule has 1 aliphatic heterocycles. The molecule has 1 atom stereocenters. The van der Waals surface area contributed by atoms with Crippen LogP contribution in [0.2, 0.25) is 0 Å². The Kier molecular flexibility index (Phi) is 4.06. The van der Waals surface area contributed by atoms with Gasteiger partial charge in [-0.15, -0.1) is 5.11 Å². The second-order valence-corrected chi connectivity index (χ2v) is 3.91. The van der Waals surface area contributed by atoms with E-state index < -0.39 is 18.2 Å². The third-order valence-electron chi connectivity index (χ3n) is 2.45. The molecule has 0 spiro atoms. The summed E-state index contributed by atoms with van der Waals surface area (Å²) in [6.45, 7) is 3.08. The molecule has 0 aliphatic carbocycles. The zero-order valence-electron chi connectivity index (χ0n) is 11.9. The van der Waals surface area contributed by atoms with Crippen LogP contribution >= 0.6 is 0 Å². The maximum Gasteiger partial charge on any atom is 0.513 e. The molecule has 2 rings (SSSR count). The molecule has 1 unspecified atom stereocenters. The van der Waals surface area contributed by atoms with Crippen LogP contribution in [0.5, 0.6) is 5.88 Å². The van der Waals surface area contributed by atoms with Gasteiger partial charge >= 0.3 is 18.2 Å². The van der Waals surface area contributed by atoms with Crippen LogP contribution in [-0.2, 0) is 20.1 Å². The SMILES string of the molecule is CCOC(=O)OC1(OC(=O)O)N=Nc2c(OC)nc(C)nc21. The molecule has 1 N–H and O–H groups in total. The zero-order chi connectivity index (χ0) is 16.3. The molecular weight excluding hydrogens is 300 g/mol. The number of fused-ring (bicyclic) bond motifs is 1. The van der Waals surface area contributed by atoms with E-state index in [1.807, 2.05) is 0 Å². The van der Waals surface area contributed by atoms with Crippen molar-refractivity contribution in [3.05, 3.63) is 11.5 Å². The van der Waals surface area contributed by atoms with E-state index in [-0.39, 0.29) is 29.7 Å². The van der Waals surface area contributed by atoms with E-state index >= 15 is 0 Å². The molecule has 0 saturated carbocycles. The highest BCUT2D eigenvalue weighted by atomic mass is 16.8. The van der Waals surface area contributed by atoms with Crippen molar-refractivity contribution in [1.82, 2.24) is 9.97 Å². The van der Waals surface area contributed by atoms with Gasteiger partial charge in [-0.2, -0.15) is 4.98 Å². The Morgan fingerprint density at radius 2 is 2.00 bits per heavy atom. The molecule has 0 fully saturated rings. The molecule has 11 nitrogen and oxygen atoms in total. The molecule has 0 bridgehead atoms. The number of ether oxygens (including phenoxy) is 4. The number of aryl methyl sites for hydroxylation is 1. The van der Waals surface area contributed by atoms with Crippen molar-refractivity contribution in [3.63, 3.8) is 0 Å². The Balaban J connectivity index is 2.50. The van der Waals surface area contributed by atoms with Gasteiger partial charge in [0.15, 0.2) is 11.4 Å². The number of rotatable bonds is 4. The van der Waals surface area contributed by atoms with E-state index in [1.54, 1.807) is 6.92 Å². The molecule has 2 heterocycles. The van der Waals surface area contributed by atoms with E-state index in [1.165, 1.54) is 14.0 Å². The molecule has 1 aromatic heterocycles. The standard InChI is InChI=1S/C11H12N4O7/c1-4-20-10(18)22-11(21-9(16)17)7-6(14-15-11)8(19-3)13-5(2)12-7/h4H2,1-3H3,(H,16,17). The summed E-state index contributed by atoms with van der Waals surface area (Å²) in [4.78, 5) is 30.4. The lowest BCUT2D eigenvalue weighted by Gasteiger charge is -2.22. The molecule has 0 amide bonds. The van der Waals surface area contributed by atoms with Crippen LogP contribution in [0.4, 0.5) is 15.3 Å². The number of carboxylic acid groups (broad SMARTS) is 1. The Morgan fingerprint density at radius 1 is 1.27 bits per heavy atom. The van der Waals surface area contributed by atoms with E-state index in [4.69, 9.17) is 14.6 Å². The third kappa shape index (κ3) is 2.73. The van der Waals surface area contributed by atoms with Gasteiger partial charge in [0.25, 0.3) is 0 Å². The molecule has 118 valence electrons. The molecular formula is C11H12N4O7. The van der Waals surface area contributed by atoms with Gasteiger partial charge in [-0.25, -0.2) is 14.6 Å². The average molecular weight is 312 g/mol. The van der Waals surface area contributed by atoms with Crippen molar-refractivity contribution in [2.45, 2.75) is 19.8 Å². The number of hydrogen-bond acceptors (Lipinski definition) is 10. The summed E-state index contributed by atoms with van der Waals surface area (Å²) < 4.78 is 19.1. The van der Waals surface area contributed by atoms with Crippen LogP contribution in [0.1, 0.15) is 18.4 Å². The first kappa shape index (κ1) is 15.4. The number of methoxy groups -OCH3 is 1.